The SMILES string of the molecule is Cn1c(CCN)nc(Br)c1-c1ccc(F)cc1. The van der Waals surface area contributed by atoms with E-state index in [0.717, 1.165) is 28.1 Å². The fourth-order valence-electron chi connectivity index (χ4n) is 1.78. The second-order valence-electron chi connectivity index (χ2n) is 3.77. The molecule has 0 atom stereocenters. The van der Waals surface area contributed by atoms with E-state index >= 15 is 0 Å². The molecule has 0 aliphatic rings. The van der Waals surface area contributed by atoms with Crippen molar-refractivity contribution in [3.05, 3.63) is 40.5 Å². The molecule has 0 saturated heterocycles. The van der Waals surface area contributed by atoms with Gasteiger partial charge in [-0.15, -0.1) is 0 Å². The molecule has 0 radical (unpaired) electrons. The van der Waals surface area contributed by atoms with Gasteiger partial charge < -0.3 is 10.3 Å². The first-order chi connectivity index (χ1) is 8.13. The third-order valence-electron chi connectivity index (χ3n) is 2.63. The van der Waals surface area contributed by atoms with Crippen LogP contribution in [0.3, 0.4) is 0 Å². The highest BCUT2D eigenvalue weighted by molar-refractivity contribution is 9.10. The molecule has 2 N–H and O–H groups in total. The van der Waals surface area contributed by atoms with Gasteiger partial charge in [-0.25, -0.2) is 9.37 Å². The molecule has 0 spiro atoms. The lowest BCUT2D eigenvalue weighted by Gasteiger charge is -2.05. The topological polar surface area (TPSA) is 43.8 Å². The Hall–Kier alpha value is -1.20. The third kappa shape index (κ3) is 2.40. The summed E-state index contributed by atoms with van der Waals surface area (Å²) in [5.41, 5.74) is 7.39. The van der Waals surface area contributed by atoms with Gasteiger partial charge in [0.1, 0.15) is 16.2 Å². The van der Waals surface area contributed by atoms with Gasteiger partial charge in [-0.1, -0.05) is 0 Å². The van der Waals surface area contributed by atoms with Gasteiger partial charge in [0.15, 0.2) is 0 Å². The zero-order valence-electron chi connectivity index (χ0n) is 9.45. The minimum atomic E-state index is -0.241. The summed E-state index contributed by atoms with van der Waals surface area (Å²) in [6, 6.07) is 6.36. The maximum atomic E-state index is 12.9. The maximum Gasteiger partial charge on any atom is 0.132 e. The summed E-state index contributed by atoms with van der Waals surface area (Å²) < 4.78 is 15.6. The first kappa shape index (κ1) is 12.3. The highest BCUT2D eigenvalue weighted by Gasteiger charge is 2.13. The standard InChI is InChI=1S/C12H13BrFN3/c1-17-10(6-7-15)16-12(13)11(17)8-2-4-9(14)5-3-8/h2-5H,6-7,15H2,1H3. The number of benzene rings is 1. The molecule has 0 saturated carbocycles. The second-order valence-corrected chi connectivity index (χ2v) is 4.52. The molecule has 0 fully saturated rings. The Morgan fingerprint density at radius 2 is 2.00 bits per heavy atom. The Kier molecular flexibility index (Phi) is 3.59. The van der Waals surface area contributed by atoms with E-state index in [1.54, 1.807) is 12.1 Å². The van der Waals surface area contributed by atoms with Crippen molar-refractivity contribution in [3.8, 4) is 11.3 Å². The van der Waals surface area contributed by atoms with Crippen LogP contribution in [0, 0.1) is 5.82 Å². The van der Waals surface area contributed by atoms with E-state index in [1.165, 1.54) is 12.1 Å². The Labute approximate surface area is 108 Å². The van der Waals surface area contributed by atoms with Crippen LogP contribution in [0.5, 0.6) is 0 Å². The maximum absolute atomic E-state index is 12.9. The molecule has 2 aromatic rings. The fourth-order valence-corrected chi connectivity index (χ4v) is 2.48. The van der Waals surface area contributed by atoms with Crippen LogP contribution in [0.2, 0.25) is 0 Å². The van der Waals surface area contributed by atoms with Crippen molar-refractivity contribution < 1.29 is 4.39 Å². The van der Waals surface area contributed by atoms with Gasteiger partial charge in [-0.2, -0.15) is 0 Å². The van der Waals surface area contributed by atoms with Crippen molar-refractivity contribution in [2.75, 3.05) is 6.54 Å². The van der Waals surface area contributed by atoms with Crippen LogP contribution >= 0.6 is 15.9 Å². The van der Waals surface area contributed by atoms with Crippen LogP contribution in [0.25, 0.3) is 11.3 Å². The van der Waals surface area contributed by atoms with Crippen molar-refractivity contribution in [2.24, 2.45) is 12.8 Å². The molecule has 1 aromatic heterocycles. The quantitative estimate of drug-likeness (QED) is 0.946. The highest BCUT2D eigenvalue weighted by Crippen LogP contribution is 2.28. The molecular formula is C12H13BrFN3. The van der Waals surface area contributed by atoms with Gasteiger partial charge in [0, 0.05) is 19.0 Å². The fraction of sp³-hybridized carbons (Fsp3) is 0.250. The van der Waals surface area contributed by atoms with Crippen LogP contribution in [0.1, 0.15) is 5.82 Å². The molecule has 0 unspecified atom stereocenters. The number of hydrogen-bond acceptors (Lipinski definition) is 2. The predicted molar refractivity (Wildman–Crippen MR) is 69.1 cm³/mol. The van der Waals surface area contributed by atoms with Crippen LogP contribution in [-0.2, 0) is 13.5 Å². The van der Waals surface area contributed by atoms with E-state index in [2.05, 4.69) is 20.9 Å². The molecule has 90 valence electrons. The largest absolute Gasteiger partial charge is 0.330 e. The number of rotatable bonds is 3. The van der Waals surface area contributed by atoms with Crippen LogP contribution in [0.4, 0.5) is 4.39 Å². The first-order valence-corrected chi connectivity index (χ1v) is 6.10. The van der Waals surface area contributed by atoms with Crippen molar-refractivity contribution in [2.45, 2.75) is 6.42 Å². The number of imidazole rings is 1. The Balaban J connectivity index is 2.48. The molecule has 5 heteroatoms. The zero-order valence-corrected chi connectivity index (χ0v) is 11.0. The molecule has 3 nitrogen and oxygen atoms in total. The zero-order chi connectivity index (χ0) is 12.4. The molecular weight excluding hydrogens is 285 g/mol. The monoisotopic (exact) mass is 297 g/mol. The van der Waals surface area contributed by atoms with Crippen molar-refractivity contribution in [1.29, 1.82) is 0 Å². The lowest BCUT2D eigenvalue weighted by Crippen LogP contribution is -2.08. The smallest absolute Gasteiger partial charge is 0.132 e. The van der Waals surface area contributed by atoms with E-state index in [9.17, 15) is 4.39 Å². The van der Waals surface area contributed by atoms with Gasteiger partial charge in [0.25, 0.3) is 0 Å². The van der Waals surface area contributed by atoms with E-state index in [4.69, 9.17) is 5.73 Å². The summed E-state index contributed by atoms with van der Waals surface area (Å²) in [5, 5.41) is 0. The van der Waals surface area contributed by atoms with Crippen LogP contribution in [0.15, 0.2) is 28.9 Å². The van der Waals surface area contributed by atoms with Gasteiger partial charge >= 0.3 is 0 Å². The first-order valence-electron chi connectivity index (χ1n) is 5.30. The molecule has 0 amide bonds. The average molecular weight is 298 g/mol. The number of halogens is 2. The summed E-state index contributed by atoms with van der Waals surface area (Å²) >= 11 is 3.43. The van der Waals surface area contributed by atoms with E-state index in [1.807, 2.05) is 11.6 Å². The molecule has 2 rings (SSSR count). The number of aromatic nitrogens is 2. The van der Waals surface area contributed by atoms with Crippen LogP contribution < -0.4 is 5.73 Å². The van der Waals surface area contributed by atoms with E-state index in [0.29, 0.717) is 6.54 Å². The van der Waals surface area contributed by atoms with Crippen LogP contribution in [-0.4, -0.2) is 16.1 Å². The summed E-state index contributed by atoms with van der Waals surface area (Å²) in [6.45, 7) is 0.556. The lowest BCUT2D eigenvalue weighted by atomic mass is 10.1. The summed E-state index contributed by atoms with van der Waals surface area (Å²) in [5.74, 6) is 0.674. The lowest BCUT2D eigenvalue weighted by molar-refractivity contribution is 0.628. The van der Waals surface area contributed by atoms with Crippen molar-refractivity contribution >= 4 is 15.9 Å². The second kappa shape index (κ2) is 4.98. The van der Waals surface area contributed by atoms with Crippen molar-refractivity contribution in [1.82, 2.24) is 9.55 Å². The van der Waals surface area contributed by atoms with E-state index in [-0.39, 0.29) is 5.82 Å². The van der Waals surface area contributed by atoms with E-state index < -0.39 is 0 Å². The number of nitrogens with two attached hydrogens (primary N) is 1. The Morgan fingerprint density at radius 3 is 2.59 bits per heavy atom. The van der Waals surface area contributed by atoms with Gasteiger partial charge in [-0.05, 0) is 46.7 Å². The molecule has 0 aliphatic carbocycles. The molecule has 0 aliphatic heterocycles. The third-order valence-corrected chi connectivity index (χ3v) is 3.18. The van der Waals surface area contributed by atoms with Gasteiger partial charge in [0.2, 0.25) is 0 Å². The minimum Gasteiger partial charge on any atom is -0.330 e. The van der Waals surface area contributed by atoms with Gasteiger partial charge in [0.05, 0.1) is 5.69 Å². The molecule has 0 bridgehead atoms. The predicted octanol–water partition coefficient (Wildman–Crippen LogP) is 2.49. The number of nitrogens with zero attached hydrogens (tertiary/aromatic N) is 2. The number of hydrogen-bond donors (Lipinski definition) is 1. The summed E-state index contributed by atoms with van der Waals surface area (Å²) in [4.78, 5) is 4.40. The molecule has 17 heavy (non-hydrogen) atoms. The Morgan fingerprint density at radius 1 is 1.35 bits per heavy atom. The summed E-state index contributed by atoms with van der Waals surface area (Å²) in [6.07, 6.45) is 0.719. The molecule has 1 aromatic carbocycles. The average Bonchev–Trinajstić information content (AvgIpc) is 2.57. The normalized spacial score (nSPS) is 10.8. The minimum absolute atomic E-state index is 0.241. The Bertz CT molecular complexity index is 519. The van der Waals surface area contributed by atoms with Crippen molar-refractivity contribution in [3.63, 3.8) is 0 Å². The van der Waals surface area contributed by atoms with Gasteiger partial charge in [-0.3, -0.25) is 0 Å². The summed E-state index contributed by atoms with van der Waals surface area (Å²) in [7, 11) is 1.93. The molecule has 1 heterocycles. The highest BCUT2D eigenvalue weighted by atomic mass is 79.9.